The van der Waals surface area contributed by atoms with E-state index in [4.69, 9.17) is 0 Å². The summed E-state index contributed by atoms with van der Waals surface area (Å²) in [5.41, 5.74) is 0. The maximum atomic E-state index is 11.5. The smallest absolute Gasteiger partial charge is 0.181 e. The Morgan fingerprint density at radius 1 is 1.05 bits per heavy atom. The molecule has 0 N–H and O–H groups in total. The van der Waals surface area contributed by atoms with Gasteiger partial charge in [-0.15, -0.1) is 0 Å². The molecule has 1 fully saturated rings. The molecule has 0 saturated carbocycles. The van der Waals surface area contributed by atoms with Crippen molar-refractivity contribution in [1.82, 2.24) is 0 Å². The first kappa shape index (κ1) is 20.9. The molecule has 6 heteroatoms. The van der Waals surface area contributed by atoms with Crippen LogP contribution in [0.5, 0.6) is 0 Å². The van der Waals surface area contributed by atoms with Crippen molar-refractivity contribution in [3.8, 4) is 0 Å². The quantitative estimate of drug-likeness (QED) is 0.504. The Kier molecular flexibility index (Phi) is 12.4. The fourth-order valence-corrected chi connectivity index (χ4v) is 4.99. The van der Waals surface area contributed by atoms with E-state index in [1.165, 1.54) is 30.8 Å². The lowest BCUT2D eigenvalue weighted by Crippen LogP contribution is -2.25. The van der Waals surface area contributed by atoms with Crippen molar-refractivity contribution in [1.29, 1.82) is 0 Å². The van der Waals surface area contributed by atoms with Crippen LogP contribution in [0.15, 0.2) is 0 Å². The van der Waals surface area contributed by atoms with Crippen LogP contribution in [0.2, 0.25) is 0 Å². The van der Waals surface area contributed by atoms with Gasteiger partial charge in [0, 0.05) is 12.2 Å². The van der Waals surface area contributed by atoms with Crippen LogP contribution in [0.25, 0.3) is 0 Å². The number of hydrogen-bond donors (Lipinski definition) is 0. The van der Waals surface area contributed by atoms with Crippen LogP contribution in [0, 0.1) is 0 Å². The Morgan fingerprint density at radius 2 is 1.62 bits per heavy atom. The van der Waals surface area contributed by atoms with E-state index in [9.17, 15) is 17.8 Å². The Labute approximate surface area is 133 Å². The molecule has 0 bridgehead atoms. The van der Waals surface area contributed by atoms with Crippen LogP contribution < -0.4 is 0 Å². The molecule has 4 nitrogen and oxygen atoms in total. The summed E-state index contributed by atoms with van der Waals surface area (Å²) < 4.78 is 29.5. The summed E-state index contributed by atoms with van der Waals surface area (Å²) in [6, 6.07) is 0. The third-order valence-electron chi connectivity index (χ3n) is 3.29. The molecule has 0 spiro atoms. The molecule has 0 aromatic heterocycles. The molecule has 0 aliphatic carbocycles. The molecule has 126 valence electrons. The minimum atomic E-state index is -3.94. The fraction of sp³-hybridized carbons (Fsp3) is 0.933. The number of hydrogen-bond acceptors (Lipinski definition) is 4. The minimum Gasteiger partial charge on any atom is -0.748 e. The highest BCUT2D eigenvalue weighted by molar-refractivity contribution is 7.97. The first-order chi connectivity index (χ1) is 9.89. The first-order valence-electron chi connectivity index (χ1n) is 7.98. The SMILES string of the molecule is CCCCC(=O)C[S+]1CCCCC1.CCCCS(=O)(=O)[O-]. The van der Waals surface area contributed by atoms with Crippen molar-refractivity contribution in [2.75, 3.05) is 23.0 Å². The lowest BCUT2D eigenvalue weighted by molar-refractivity contribution is -0.116. The average Bonchev–Trinajstić information content (AvgIpc) is 2.44. The van der Waals surface area contributed by atoms with E-state index < -0.39 is 10.1 Å². The summed E-state index contributed by atoms with van der Waals surface area (Å²) in [6.45, 7) is 3.99. The lowest BCUT2D eigenvalue weighted by atomic mass is 10.2. The Balaban J connectivity index is 0.000000433. The fourth-order valence-electron chi connectivity index (χ4n) is 2.03. The number of Topliss-reactive ketones (excluding diaryl/α,β-unsaturated/α-hetero) is 1. The topological polar surface area (TPSA) is 74.3 Å². The van der Waals surface area contributed by atoms with Crippen molar-refractivity contribution in [3.05, 3.63) is 0 Å². The number of unbranched alkanes of at least 4 members (excludes halogenated alkanes) is 2. The van der Waals surface area contributed by atoms with Gasteiger partial charge in [-0.05, 0) is 43.0 Å². The maximum absolute atomic E-state index is 11.5. The molecule has 0 unspecified atom stereocenters. The zero-order valence-corrected chi connectivity index (χ0v) is 15.1. The van der Waals surface area contributed by atoms with Gasteiger partial charge in [0.05, 0.1) is 10.1 Å². The lowest BCUT2D eigenvalue weighted by Gasteiger charge is -2.12. The predicted octanol–water partition coefficient (Wildman–Crippen LogP) is 2.88. The van der Waals surface area contributed by atoms with Gasteiger partial charge >= 0.3 is 0 Å². The van der Waals surface area contributed by atoms with E-state index in [1.54, 1.807) is 0 Å². The molecule has 0 amide bonds. The number of carbonyl (C=O) groups is 1. The van der Waals surface area contributed by atoms with E-state index in [2.05, 4.69) is 6.92 Å². The molecule has 0 aromatic rings. The zero-order valence-electron chi connectivity index (χ0n) is 13.4. The first-order valence-corrected chi connectivity index (χ1v) is 11.3. The van der Waals surface area contributed by atoms with Crippen molar-refractivity contribution in [2.45, 2.75) is 65.2 Å². The highest BCUT2D eigenvalue weighted by Gasteiger charge is 2.24. The summed E-state index contributed by atoms with van der Waals surface area (Å²) in [4.78, 5) is 11.5. The Hall–Kier alpha value is -0.0700. The maximum Gasteiger partial charge on any atom is 0.181 e. The van der Waals surface area contributed by atoms with Crippen LogP contribution in [0.4, 0.5) is 0 Å². The van der Waals surface area contributed by atoms with Crippen LogP contribution in [0.1, 0.15) is 65.2 Å². The zero-order chi connectivity index (χ0) is 16.1. The summed E-state index contributed by atoms with van der Waals surface area (Å²) >= 11 is 0. The highest BCUT2D eigenvalue weighted by Crippen LogP contribution is 2.14. The van der Waals surface area contributed by atoms with E-state index in [0.717, 1.165) is 31.4 Å². The normalized spacial score (nSPS) is 16.1. The molecule has 1 rings (SSSR count). The van der Waals surface area contributed by atoms with E-state index in [0.29, 0.717) is 23.1 Å². The molecule has 0 atom stereocenters. The monoisotopic (exact) mass is 338 g/mol. The third kappa shape index (κ3) is 14.6. The van der Waals surface area contributed by atoms with Gasteiger partial charge in [0.1, 0.15) is 11.5 Å². The van der Waals surface area contributed by atoms with Gasteiger partial charge in [-0.1, -0.05) is 26.7 Å². The molecular weight excluding hydrogens is 308 g/mol. The number of ketones is 1. The van der Waals surface area contributed by atoms with Gasteiger partial charge in [0.15, 0.2) is 11.5 Å². The summed E-state index contributed by atoms with van der Waals surface area (Å²) in [5.74, 6) is 3.87. The van der Waals surface area contributed by atoms with Gasteiger partial charge in [-0.3, -0.25) is 4.79 Å². The van der Waals surface area contributed by atoms with Gasteiger partial charge < -0.3 is 4.55 Å². The van der Waals surface area contributed by atoms with Gasteiger partial charge in [0.25, 0.3) is 0 Å². The van der Waals surface area contributed by atoms with E-state index >= 15 is 0 Å². The van der Waals surface area contributed by atoms with Gasteiger partial charge in [-0.2, -0.15) is 0 Å². The van der Waals surface area contributed by atoms with Crippen LogP contribution in [-0.4, -0.2) is 41.8 Å². The second-order valence-electron chi connectivity index (χ2n) is 5.48. The van der Waals surface area contributed by atoms with Crippen molar-refractivity contribution in [3.63, 3.8) is 0 Å². The molecule has 1 saturated heterocycles. The second-order valence-corrected chi connectivity index (χ2v) is 9.34. The Morgan fingerprint density at radius 3 is 2.05 bits per heavy atom. The molecule has 1 heterocycles. The van der Waals surface area contributed by atoms with Gasteiger partial charge in [-0.25, -0.2) is 8.42 Å². The van der Waals surface area contributed by atoms with Crippen LogP contribution in [0.3, 0.4) is 0 Å². The summed E-state index contributed by atoms with van der Waals surface area (Å²) in [7, 11) is -3.46. The third-order valence-corrected chi connectivity index (χ3v) is 6.54. The van der Waals surface area contributed by atoms with E-state index in [1.807, 2.05) is 6.92 Å². The number of rotatable bonds is 8. The second kappa shape index (κ2) is 12.5. The van der Waals surface area contributed by atoms with Crippen molar-refractivity contribution >= 4 is 26.8 Å². The molecule has 1 aliphatic rings. The highest BCUT2D eigenvalue weighted by atomic mass is 32.2. The van der Waals surface area contributed by atoms with Crippen LogP contribution >= 0.6 is 0 Å². The molecule has 21 heavy (non-hydrogen) atoms. The standard InChI is InChI=1S/C11H21OS.C4H10O3S/c1-2-3-7-11(12)10-13-8-5-4-6-9-13;1-2-3-4-8(5,6)7/h2-10H2,1H3;2-4H2,1H3,(H,5,6,7)/q+1;/p-1. The number of carbonyl (C=O) groups excluding carboxylic acids is 1. The van der Waals surface area contributed by atoms with Crippen molar-refractivity contribution in [2.24, 2.45) is 0 Å². The largest absolute Gasteiger partial charge is 0.748 e. The Bertz CT molecular complexity index is 360. The summed E-state index contributed by atoms with van der Waals surface area (Å²) in [6.07, 6.45) is 8.43. The minimum absolute atomic E-state index is 0.219. The van der Waals surface area contributed by atoms with E-state index in [-0.39, 0.29) is 5.75 Å². The molecule has 0 aromatic carbocycles. The van der Waals surface area contributed by atoms with Crippen molar-refractivity contribution < 1.29 is 17.8 Å². The van der Waals surface area contributed by atoms with Gasteiger partial charge in [0.2, 0.25) is 0 Å². The molecule has 0 radical (unpaired) electrons. The summed E-state index contributed by atoms with van der Waals surface area (Å²) in [5, 5.41) is 0. The predicted molar refractivity (Wildman–Crippen MR) is 89.8 cm³/mol. The molecule has 1 aliphatic heterocycles. The molecular formula is C15H30O4S2. The van der Waals surface area contributed by atoms with Crippen LogP contribution in [-0.2, 0) is 25.8 Å². The average molecular weight is 339 g/mol.